The lowest BCUT2D eigenvalue weighted by molar-refractivity contribution is -0.148. The largest absolute Gasteiger partial charge is 0.538 e. The molecule has 0 fully saturated rings. The Kier molecular flexibility index (Phi) is 14.6. The van der Waals surface area contributed by atoms with Crippen molar-refractivity contribution in [2.75, 3.05) is 33.0 Å². The third kappa shape index (κ3) is 11.6. The Hall–Kier alpha value is -1.69. The lowest BCUT2D eigenvalue weighted by Gasteiger charge is -2.24. The molecular weight excluding hydrogens is 510 g/mol. The maximum atomic E-state index is 12.9. The second-order valence-electron chi connectivity index (χ2n) is 8.07. The molecule has 0 bridgehead atoms. The van der Waals surface area contributed by atoms with Crippen LogP contribution in [0.3, 0.4) is 0 Å². The van der Waals surface area contributed by atoms with Crippen LogP contribution in [0, 0.1) is 18.4 Å². The minimum absolute atomic E-state index is 0.0106. The van der Waals surface area contributed by atoms with Gasteiger partial charge in [-0.1, -0.05) is 44.5 Å². The molecule has 3 unspecified atom stereocenters. The molecule has 0 radical (unpaired) electrons. The third-order valence-corrected chi connectivity index (χ3v) is 7.69. The number of benzene rings is 1. The van der Waals surface area contributed by atoms with Gasteiger partial charge in [0, 0.05) is 0 Å². The number of esters is 1. The molecule has 36 heavy (non-hydrogen) atoms. The molecule has 3 atom stereocenters. The number of hydrogen-bond donors (Lipinski definition) is 0. The highest BCUT2D eigenvalue weighted by Crippen LogP contribution is 2.52. The van der Waals surface area contributed by atoms with Gasteiger partial charge in [0.2, 0.25) is 0 Å². The number of hydrogen-bond acceptors (Lipinski definition) is 10. The van der Waals surface area contributed by atoms with Crippen LogP contribution in [0.1, 0.15) is 58.6 Å². The van der Waals surface area contributed by atoms with Crippen LogP contribution in [0.4, 0.5) is 0 Å². The van der Waals surface area contributed by atoms with Crippen molar-refractivity contribution in [1.82, 2.24) is 0 Å². The van der Waals surface area contributed by atoms with Crippen molar-refractivity contribution in [2.45, 2.75) is 60.0 Å². The second-order valence-corrected chi connectivity index (χ2v) is 11.3. The van der Waals surface area contributed by atoms with Crippen LogP contribution < -0.4 is 0 Å². The van der Waals surface area contributed by atoms with Crippen LogP contribution in [0.15, 0.2) is 24.3 Å². The number of phosphoric ester groups is 2. The SMILES string of the molecule is C#COP(=O)(OCC)OCC(COC(=O)C(C)c1ccc(CC(C)C)cc1)OP(=O)(OCC)OCC. The number of rotatable bonds is 18. The predicted molar refractivity (Wildman–Crippen MR) is 135 cm³/mol. The Balaban J connectivity index is 2.95. The van der Waals surface area contributed by atoms with Crippen molar-refractivity contribution < 1.29 is 45.8 Å². The van der Waals surface area contributed by atoms with Crippen molar-refractivity contribution in [3.63, 3.8) is 0 Å². The summed E-state index contributed by atoms with van der Waals surface area (Å²) in [6.45, 7) is 9.92. The van der Waals surface area contributed by atoms with Crippen molar-refractivity contribution in [3.05, 3.63) is 35.4 Å². The molecule has 1 aromatic carbocycles. The van der Waals surface area contributed by atoms with Gasteiger partial charge in [0.1, 0.15) is 18.8 Å². The second kappa shape index (κ2) is 16.2. The molecule has 0 spiro atoms. The molecule has 0 aliphatic rings. The van der Waals surface area contributed by atoms with E-state index in [1.54, 1.807) is 33.8 Å². The van der Waals surface area contributed by atoms with E-state index in [9.17, 15) is 13.9 Å². The molecule has 1 aromatic rings. The lowest BCUT2D eigenvalue weighted by Crippen LogP contribution is -2.28. The summed E-state index contributed by atoms with van der Waals surface area (Å²) in [6.07, 6.45) is 6.56. The summed E-state index contributed by atoms with van der Waals surface area (Å²) in [6, 6.07) is 7.73. The normalized spacial score (nSPS) is 15.1. The van der Waals surface area contributed by atoms with Gasteiger partial charge in [-0.15, -0.1) is 0 Å². The first-order valence-corrected chi connectivity index (χ1v) is 14.8. The van der Waals surface area contributed by atoms with Crippen molar-refractivity contribution in [2.24, 2.45) is 5.92 Å². The smallest absolute Gasteiger partial charge is 0.462 e. The van der Waals surface area contributed by atoms with Gasteiger partial charge >= 0.3 is 21.6 Å². The topological polar surface area (TPSA) is 116 Å². The average molecular weight is 549 g/mol. The van der Waals surface area contributed by atoms with Gasteiger partial charge in [-0.3, -0.25) is 27.4 Å². The van der Waals surface area contributed by atoms with Crippen LogP contribution >= 0.6 is 15.6 Å². The predicted octanol–water partition coefficient (Wildman–Crippen LogP) is 5.87. The van der Waals surface area contributed by atoms with E-state index in [1.807, 2.05) is 24.3 Å². The molecule has 0 saturated carbocycles. The molecule has 204 valence electrons. The molecule has 0 N–H and O–H groups in total. The molecule has 0 saturated heterocycles. The van der Waals surface area contributed by atoms with Crippen molar-refractivity contribution >= 4 is 21.6 Å². The summed E-state index contributed by atoms with van der Waals surface area (Å²) in [4.78, 5) is 12.8. The van der Waals surface area contributed by atoms with Crippen molar-refractivity contribution in [1.29, 1.82) is 0 Å². The minimum Gasteiger partial charge on any atom is -0.462 e. The van der Waals surface area contributed by atoms with Crippen LogP contribution in [-0.4, -0.2) is 45.1 Å². The molecule has 1 rings (SSSR count). The van der Waals surface area contributed by atoms with Gasteiger partial charge < -0.3 is 9.26 Å². The van der Waals surface area contributed by atoms with Gasteiger partial charge in [0.25, 0.3) is 0 Å². The van der Waals surface area contributed by atoms with E-state index in [0.717, 1.165) is 12.0 Å². The quantitative estimate of drug-likeness (QED) is 0.125. The molecule has 0 aromatic heterocycles. The highest BCUT2D eigenvalue weighted by atomic mass is 31.2. The standard InChI is InChI=1S/C24H38O10P2/c1-8-29-35(26,30-9-2)33-18-23(34-36(27,31-10-3)32-11-4)17-28-24(25)20(7)22-14-12-21(13-15-22)16-19(5)6/h1,12-15,19-20,23H,9-11,16-18H2,2-7H3. The van der Waals surface area contributed by atoms with Crippen LogP contribution in [0.25, 0.3) is 0 Å². The Labute approximate surface area is 214 Å². The Bertz CT molecular complexity index is 916. The summed E-state index contributed by atoms with van der Waals surface area (Å²) in [5.74, 6) is -0.605. The van der Waals surface area contributed by atoms with E-state index >= 15 is 0 Å². The van der Waals surface area contributed by atoms with Crippen LogP contribution in [0.5, 0.6) is 0 Å². The van der Waals surface area contributed by atoms with Crippen molar-refractivity contribution in [3.8, 4) is 12.5 Å². The van der Waals surface area contributed by atoms with Gasteiger partial charge in [-0.25, -0.2) is 9.13 Å². The Morgan fingerprint density at radius 1 is 0.889 bits per heavy atom. The maximum absolute atomic E-state index is 12.9. The first-order chi connectivity index (χ1) is 17.0. The zero-order valence-electron chi connectivity index (χ0n) is 21.8. The monoisotopic (exact) mass is 548 g/mol. The molecule has 0 heterocycles. The number of carbonyl (C=O) groups is 1. The highest BCUT2D eigenvalue weighted by molar-refractivity contribution is 7.49. The van der Waals surface area contributed by atoms with E-state index < -0.39 is 46.9 Å². The zero-order chi connectivity index (χ0) is 27.2. The fourth-order valence-electron chi connectivity index (χ4n) is 3.04. The Morgan fingerprint density at radius 2 is 1.44 bits per heavy atom. The van der Waals surface area contributed by atoms with Gasteiger partial charge in [0.15, 0.2) is 0 Å². The van der Waals surface area contributed by atoms with Gasteiger partial charge in [-0.2, -0.15) is 0 Å². The number of phosphoric acid groups is 2. The number of terminal acetylenes is 1. The van der Waals surface area contributed by atoms with E-state index in [0.29, 0.717) is 5.92 Å². The van der Waals surface area contributed by atoms with E-state index in [4.69, 9.17) is 33.8 Å². The molecule has 12 heteroatoms. The lowest BCUT2D eigenvalue weighted by atomic mass is 9.97. The first-order valence-electron chi connectivity index (χ1n) is 11.9. The highest BCUT2D eigenvalue weighted by Gasteiger charge is 2.35. The summed E-state index contributed by atoms with van der Waals surface area (Å²) in [7, 11) is -8.16. The third-order valence-electron chi connectivity index (χ3n) is 4.61. The summed E-state index contributed by atoms with van der Waals surface area (Å²) in [5.41, 5.74) is 1.95. The summed E-state index contributed by atoms with van der Waals surface area (Å²) < 4.78 is 61.5. The summed E-state index contributed by atoms with van der Waals surface area (Å²) in [5, 5.41) is 0. The van der Waals surface area contributed by atoms with Crippen LogP contribution in [-0.2, 0) is 52.2 Å². The van der Waals surface area contributed by atoms with E-state index in [1.165, 1.54) is 5.56 Å². The van der Waals surface area contributed by atoms with E-state index in [-0.39, 0.29) is 19.8 Å². The maximum Gasteiger partial charge on any atom is 0.538 e. The number of ether oxygens (including phenoxy) is 1. The molecule has 10 nitrogen and oxygen atoms in total. The fourth-order valence-corrected chi connectivity index (χ4v) is 5.33. The minimum atomic E-state index is -4.13. The van der Waals surface area contributed by atoms with Gasteiger partial charge in [-0.05, 0) is 51.2 Å². The Morgan fingerprint density at radius 3 is 1.94 bits per heavy atom. The molecule has 0 aliphatic carbocycles. The van der Waals surface area contributed by atoms with Gasteiger partial charge in [0.05, 0.1) is 32.3 Å². The molecule has 0 amide bonds. The molecular formula is C24H38O10P2. The van der Waals surface area contributed by atoms with Crippen LogP contribution in [0.2, 0.25) is 0 Å². The first kappa shape index (κ1) is 32.3. The van der Waals surface area contributed by atoms with E-state index in [2.05, 4.69) is 18.4 Å². The molecule has 0 aliphatic heterocycles. The number of carbonyl (C=O) groups excluding carboxylic acids is 1. The summed E-state index contributed by atoms with van der Waals surface area (Å²) >= 11 is 0. The average Bonchev–Trinajstić information content (AvgIpc) is 2.81. The zero-order valence-corrected chi connectivity index (χ0v) is 23.6. The fraction of sp³-hybridized carbons (Fsp3) is 0.625.